The van der Waals surface area contributed by atoms with Crippen molar-refractivity contribution in [2.75, 3.05) is 0 Å². The third-order valence-electron chi connectivity index (χ3n) is 4.08. The summed E-state index contributed by atoms with van der Waals surface area (Å²) in [6.45, 7) is 1.08. The number of hydrogen-bond acceptors (Lipinski definition) is 1. The zero-order valence-corrected chi connectivity index (χ0v) is 12.1. The van der Waals surface area contributed by atoms with Gasteiger partial charge in [-0.1, -0.05) is 28.1 Å². The van der Waals surface area contributed by atoms with Crippen molar-refractivity contribution >= 4 is 27.5 Å². The molecule has 2 fully saturated rings. The first-order chi connectivity index (χ1) is 8.22. The average Bonchev–Trinajstić information content (AvgIpc) is 2.54. The highest BCUT2D eigenvalue weighted by Crippen LogP contribution is 2.38. The molecule has 3 rings (SSSR count). The van der Waals surface area contributed by atoms with E-state index in [1.165, 1.54) is 35.7 Å². The second-order valence-corrected chi connectivity index (χ2v) is 6.79. The van der Waals surface area contributed by atoms with E-state index in [1.54, 1.807) is 0 Å². The summed E-state index contributed by atoms with van der Waals surface area (Å²) in [5.41, 5.74) is 1.41. The van der Waals surface area contributed by atoms with Gasteiger partial charge in [-0.3, -0.25) is 4.90 Å². The molecule has 2 heterocycles. The maximum Gasteiger partial charge on any atom is 0.0365 e. The van der Waals surface area contributed by atoms with Gasteiger partial charge in [-0.25, -0.2) is 0 Å². The van der Waals surface area contributed by atoms with Crippen LogP contribution in [0.2, 0.25) is 0 Å². The highest BCUT2D eigenvalue weighted by Gasteiger charge is 2.39. The Balaban J connectivity index is 1.74. The van der Waals surface area contributed by atoms with Crippen molar-refractivity contribution in [3.05, 3.63) is 34.3 Å². The van der Waals surface area contributed by atoms with Crippen molar-refractivity contribution in [1.82, 2.24) is 4.90 Å². The van der Waals surface area contributed by atoms with E-state index in [9.17, 15) is 0 Å². The normalized spacial score (nSPS) is 32.9. The summed E-state index contributed by atoms with van der Waals surface area (Å²) >= 11 is 9.85. The van der Waals surface area contributed by atoms with E-state index >= 15 is 0 Å². The van der Waals surface area contributed by atoms with E-state index in [0.717, 1.165) is 18.6 Å². The average molecular weight is 315 g/mol. The largest absolute Gasteiger partial charge is 0.293 e. The van der Waals surface area contributed by atoms with Gasteiger partial charge < -0.3 is 0 Å². The number of fused-ring (bicyclic) bond motifs is 2. The molecule has 0 aromatic heterocycles. The van der Waals surface area contributed by atoms with E-state index in [2.05, 4.69) is 45.1 Å². The van der Waals surface area contributed by atoms with Crippen LogP contribution in [0, 0.1) is 0 Å². The van der Waals surface area contributed by atoms with Crippen molar-refractivity contribution < 1.29 is 0 Å². The molecule has 1 aromatic carbocycles. The van der Waals surface area contributed by atoms with E-state index in [4.69, 9.17) is 11.6 Å². The first-order valence-corrected chi connectivity index (χ1v) is 7.59. The number of rotatable bonds is 2. The summed E-state index contributed by atoms with van der Waals surface area (Å²) in [6, 6.07) is 10.1. The van der Waals surface area contributed by atoms with Crippen LogP contribution in [-0.2, 0) is 6.54 Å². The lowest BCUT2D eigenvalue weighted by atomic mass is 10.0. The van der Waals surface area contributed by atoms with Gasteiger partial charge in [0.2, 0.25) is 0 Å². The molecule has 1 nitrogen and oxygen atoms in total. The minimum Gasteiger partial charge on any atom is -0.293 e. The van der Waals surface area contributed by atoms with Crippen LogP contribution in [0.5, 0.6) is 0 Å². The number of piperidine rings is 1. The van der Waals surface area contributed by atoms with Gasteiger partial charge in [0.25, 0.3) is 0 Å². The first kappa shape index (κ1) is 12.0. The highest BCUT2D eigenvalue weighted by molar-refractivity contribution is 9.10. The molecule has 2 aliphatic heterocycles. The summed E-state index contributed by atoms with van der Waals surface area (Å²) in [4.78, 5) is 2.67. The quantitative estimate of drug-likeness (QED) is 0.740. The predicted octanol–water partition coefficient (Wildman–Crippen LogP) is 4.18. The monoisotopic (exact) mass is 313 g/mol. The molecule has 3 heteroatoms. The number of benzene rings is 1. The molecular formula is C14H17BrClN. The Hall–Kier alpha value is -0.0500. The number of hydrogen-bond donors (Lipinski definition) is 0. The van der Waals surface area contributed by atoms with Gasteiger partial charge in [0, 0.05) is 28.5 Å². The molecule has 2 bridgehead atoms. The van der Waals surface area contributed by atoms with Gasteiger partial charge in [-0.05, 0) is 43.4 Å². The number of nitrogens with zero attached hydrogens (tertiary/aromatic N) is 1. The third-order valence-corrected chi connectivity index (χ3v) is 4.93. The van der Waals surface area contributed by atoms with Crippen LogP contribution in [0.3, 0.4) is 0 Å². The van der Waals surface area contributed by atoms with Crippen LogP contribution in [0.4, 0.5) is 0 Å². The van der Waals surface area contributed by atoms with Crippen molar-refractivity contribution in [1.29, 1.82) is 0 Å². The van der Waals surface area contributed by atoms with Crippen LogP contribution in [0.15, 0.2) is 28.7 Å². The van der Waals surface area contributed by atoms with Crippen LogP contribution in [-0.4, -0.2) is 22.4 Å². The maximum absolute atomic E-state index is 6.31. The van der Waals surface area contributed by atoms with Crippen LogP contribution >= 0.6 is 27.5 Å². The number of halogens is 2. The van der Waals surface area contributed by atoms with Gasteiger partial charge in [0.1, 0.15) is 0 Å². The molecule has 2 atom stereocenters. The van der Waals surface area contributed by atoms with Crippen LogP contribution in [0.25, 0.3) is 0 Å². The Morgan fingerprint density at radius 1 is 1.24 bits per heavy atom. The van der Waals surface area contributed by atoms with Gasteiger partial charge in [-0.2, -0.15) is 0 Å². The zero-order chi connectivity index (χ0) is 11.8. The van der Waals surface area contributed by atoms with E-state index in [-0.39, 0.29) is 0 Å². The number of alkyl halides is 1. The topological polar surface area (TPSA) is 3.24 Å². The minimum absolute atomic E-state index is 0.409. The van der Waals surface area contributed by atoms with Gasteiger partial charge in [0.15, 0.2) is 0 Å². The molecule has 0 amide bonds. The molecule has 92 valence electrons. The van der Waals surface area contributed by atoms with Gasteiger partial charge >= 0.3 is 0 Å². The lowest BCUT2D eigenvalue weighted by Gasteiger charge is -2.37. The first-order valence-electron chi connectivity index (χ1n) is 6.36. The Morgan fingerprint density at radius 2 is 1.94 bits per heavy atom. The molecule has 2 aliphatic rings. The zero-order valence-electron chi connectivity index (χ0n) is 9.78. The molecule has 0 saturated carbocycles. The smallest absolute Gasteiger partial charge is 0.0365 e. The van der Waals surface area contributed by atoms with Crippen molar-refractivity contribution in [3.8, 4) is 0 Å². The molecule has 2 unspecified atom stereocenters. The molecule has 0 aliphatic carbocycles. The maximum atomic E-state index is 6.31. The second-order valence-electron chi connectivity index (χ2n) is 5.26. The third kappa shape index (κ3) is 2.54. The summed E-state index contributed by atoms with van der Waals surface area (Å²) < 4.78 is 1.18. The molecule has 17 heavy (non-hydrogen) atoms. The van der Waals surface area contributed by atoms with Gasteiger partial charge in [-0.15, -0.1) is 11.6 Å². The lowest BCUT2D eigenvalue weighted by molar-refractivity contribution is 0.134. The Morgan fingerprint density at radius 3 is 2.59 bits per heavy atom. The molecule has 0 spiro atoms. The fraction of sp³-hybridized carbons (Fsp3) is 0.571. The predicted molar refractivity (Wildman–Crippen MR) is 75.4 cm³/mol. The van der Waals surface area contributed by atoms with Crippen molar-refractivity contribution in [3.63, 3.8) is 0 Å². The van der Waals surface area contributed by atoms with Crippen molar-refractivity contribution in [2.45, 2.75) is 49.7 Å². The Kier molecular flexibility index (Phi) is 3.47. The van der Waals surface area contributed by atoms with E-state index in [1.807, 2.05) is 0 Å². The molecule has 0 N–H and O–H groups in total. The van der Waals surface area contributed by atoms with Crippen LogP contribution in [0.1, 0.15) is 31.2 Å². The summed E-state index contributed by atoms with van der Waals surface area (Å²) in [6.07, 6.45) is 5.02. The summed E-state index contributed by atoms with van der Waals surface area (Å²) in [5, 5.41) is 0.409. The minimum atomic E-state index is 0.409. The lowest BCUT2D eigenvalue weighted by Crippen LogP contribution is -2.42. The van der Waals surface area contributed by atoms with Crippen molar-refractivity contribution in [2.24, 2.45) is 0 Å². The molecule has 2 saturated heterocycles. The fourth-order valence-corrected chi connectivity index (χ4v) is 4.17. The standard InChI is InChI=1S/C14H17BrClN/c15-11-3-1-2-10(6-11)9-17-13-4-5-14(17)8-12(16)7-13/h1-3,6,12-14H,4-5,7-9H2. The second kappa shape index (κ2) is 4.91. The highest BCUT2D eigenvalue weighted by atomic mass is 79.9. The van der Waals surface area contributed by atoms with E-state index < -0.39 is 0 Å². The molecule has 0 radical (unpaired) electrons. The summed E-state index contributed by atoms with van der Waals surface area (Å²) in [5.74, 6) is 0. The van der Waals surface area contributed by atoms with E-state index in [0.29, 0.717) is 5.38 Å². The SMILES string of the molecule is ClC1CC2CCC(C1)N2Cc1cccc(Br)c1. The Labute approximate surface area is 116 Å². The molecular weight excluding hydrogens is 298 g/mol. The summed E-state index contributed by atoms with van der Waals surface area (Å²) in [7, 11) is 0. The Bertz CT molecular complexity index is 395. The van der Waals surface area contributed by atoms with Gasteiger partial charge in [0.05, 0.1) is 0 Å². The molecule has 1 aromatic rings. The van der Waals surface area contributed by atoms with Crippen LogP contribution < -0.4 is 0 Å². The fourth-order valence-electron chi connectivity index (χ4n) is 3.31.